The van der Waals surface area contributed by atoms with Crippen molar-refractivity contribution in [1.29, 1.82) is 0 Å². The predicted molar refractivity (Wildman–Crippen MR) is 173 cm³/mol. The molecule has 0 unspecified atom stereocenters. The average molecular weight is 695 g/mol. The number of nitrogens with two attached hydrogens (primary N) is 1. The molecule has 242 valence electrons. The van der Waals surface area contributed by atoms with Crippen LogP contribution in [0.5, 0.6) is 5.75 Å². The van der Waals surface area contributed by atoms with E-state index in [-0.39, 0.29) is 28.5 Å². The van der Waals surface area contributed by atoms with E-state index >= 15 is 0 Å². The van der Waals surface area contributed by atoms with Gasteiger partial charge < -0.3 is 19.8 Å². The van der Waals surface area contributed by atoms with Crippen LogP contribution >= 0.6 is 23.1 Å². The lowest BCUT2D eigenvalue weighted by Gasteiger charge is -2.30. The zero-order valence-electron chi connectivity index (χ0n) is 24.5. The fraction of sp³-hybridized carbons (Fsp3) is 0.194. The highest BCUT2D eigenvalue weighted by molar-refractivity contribution is 8.00. The van der Waals surface area contributed by atoms with E-state index in [4.69, 9.17) is 14.6 Å². The van der Waals surface area contributed by atoms with Crippen molar-refractivity contribution in [2.45, 2.75) is 28.0 Å². The summed E-state index contributed by atoms with van der Waals surface area (Å²) in [4.78, 5) is 68.9. The van der Waals surface area contributed by atoms with Gasteiger partial charge in [0.05, 0.1) is 33.7 Å². The zero-order valence-corrected chi connectivity index (χ0v) is 26.9. The standard InChI is InChI=1S/C31H26N4O9S3/c1-2-43-30(39)16-6-10-19(11-7-16)35-28(37)24-23(25-27(34-31(40)46-25)45-26(24)29(35)38)17-4-3-5-20(14-17)44-15-22(36)33-18-8-12-21(13-9-18)47(32,41)42/h3-14,23-24,26H,2,15H2,1H3,(H,33,36)(H,34,40)(H2,32,41,42)/t23-,24-,26+/m0/s1. The number of thiazole rings is 1. The maximum Gasteiger partial charge on any atom is 0.338 e. The first-order valence-corrected chi connectivity index (χ1v) is 17.4. The first-order valence-electron chi connectivity index (χ1n) is 14.1. The highest BCUT2D eigenvalue weighted by Gasteiger charge is 2.56. The van der Waals surface area contributed by atoms with Crippen LogP contribution in [0.2, 0.25) is 0 Å². The number of hydrogen-bond acceptors (Lipinski definition) is 11. The number of carbonyl (C=O) groups excluding carboxylic acids is 4. The lowest BCUT2D eigenvalue weighted by Crippen LogP contribution is -2.32. The Morgan fingerprint density at radius 1 is 1.00 bits per heavy atom. The lowest BCUT2D eigenvalue weighted by atomic mass is 9.83. The van der Waals surface area contributed by atoms with E-state index in [1.54, 1.807) is 31.2 Å². The van der Waals surface area contributed by atoms with Gasteiger partial charge >= 0.3 is 10.8 Å². The van der Waals surface area contributed by atoms with Crippen LogP contribution in [-0.2, 0) is 29.1 Å². The van der Waals surface area contributed by atoms with Crippen molar-refractivity contribution in [3.8, 4) is 5.75 Å². The van der Waals surface area contributed by atoms with Gasteiger partial charge in [0.1, 0.15) is 11.0 Å². The van der Waals surface area contributed by atoms with E-state index in [9.17, 15) is 32.4 Å². The second-order valence-corrected chi connectivity index (χ2v) is 14.2. The Morgan fingerprint density at radius 2 is 1.72 bits per heavy atom. The molecule has 1 saturated heterocycles. The molecule has 2 aliphatic rings. The number of amides is 3. The molecule has 3 amide bonds. The van der Waals surface area contributed by atoms with Crippen molar-refractivity contribution in [2.75, 3.05) is 23.4 Å². The van der Waals surface area contributed by atoms with Gasteiger partial charge in [-0.25, -0.2) is 23.3 Å². The Labute approximate surface area is 276 Å². The molecule has 4 aromatic rings. The van der Waals surface area contributed by atoms with Crippen LogP contribution in [0.1, 0.15) is 33.6 Å². The number of imide groups is 1. The van der Waals surface area contributed by atoms with E-state index in [1.165, 1.54) is 48.5 Å². The quantitative estimate of drug-likeness (QED) is 0.173. The zero-order chi connectivity index (χ0) is 33.5. The van der Waals surface area contributed by atoms with Gasteiger partial charge in [-0.3, -0.25) is 19.2 Å². The minimum atomic E-state index is -3.88. The number of fused-ring (bicyclic) bond motifs is 2. The maximum atomic E-state index is 14.0. The van der Waals surface area contributed by atoms with E-state index < -0.39 is 50.8 Å². The molecule has 47 heavy (non-hydrogen) atoms. The Morgan fingerprint density at radius 3 is 2.40 bits per heavy atom. The lowest BCUT2D eigenvalue weighted by molar-refractivity contribution is -0.122. The number of benzene rings is 3. The van der Waals surface area contributed by atoms with Gasteiger partial charge in [0.25, 0.3) is 5.91 Å². The number of primary sulfonamides is 1. The Hall–Kier alpha value is -4.77. The number of aromatic nitrogens is 1. The van der Waals surface area contributed by atoms with Gasteiger partial charge in [0.15, 0.2) is 6.61 Å². The second-order valence-electron chi connectivity index (χ2n) is 10.5. The van der Waals surface area contributed by atoms with Crippen LogP contribution in [0.3, 0.4) is 0 Å². The van der Waals surface area contributed by atoms with E-state index in [1.807, 2.05) is 0 Å². The van der Waals surface area contributed by atoms with Crippen molar-refractivity contribution in [3.63, 3.8) is 0 Å². The topological polar surface area (TPSA) is 195 Å². The van der Waals surface area contributed by atoms with E-state index in [0.717, 1.165) is 28.0 Å². The number of rotatable bonds is 9. The van der Waals surface area contributed by atoms with Crippen LogP contribution < -0.4 is 25.0 Å². The Bertz CT molecular complexity index is 2060. The summed E-state index contributed by atoms with van der Waals surface area (Å²) in [6.45, 7) is 1.51. The summed E-state index contributed by atoms with van der Waals surface area (Å²) in [5, 5.41) is 7.39. The molecule has 6 rings (SSSR count). The molecule has 0 spiro atoms. The molecule has 1 aromatic heterocycles. The van der Waals surface area contributed by atoms with Crippen LogP contribution in [0.15, 0.2) is 87.5 Å². The van der Waals surface area contributed by atoms with Crippen molar-refractivity contribution < 1.29 is 37.1 Å². The minimum Gasteiger partial charge on any atom is -0.484 e. The third-order valence-electron chi connectivity index (χ3n) is 7.51. The smallest absolute Gasteiger partial charge is 0.338 e. The predicted octanol–water partition coefficient (Wildman–Crippen LogP) is 3.07. The molecule has 0 saturated carbocycles. The van der Waals surface area contributed by atoms with E-state index in [0.29, 0.717) is 32.6 Å². The van der Waals surface area contributed by atoms with Gasteiger partial charge in [-0.05, 0) is 73.2 Å². The number of esters is 1. The molecule has 0 bridgehead atoms. The molecule has 3 aromatic carbocycles. The molecule has 2 aliphatic heterocycles. The summed E-state index contributed by atoms with van der Waals surface area (Å²) in [6, 6.07) is 18.1. The van der Waals surface area contributed by atoms with Gasteiger partial charge in [0.2, 0.25) is 21.8 Å². The number of sulfonamides is 1. The first-order chi connectivity index (χ1) is 22.4. The SMILES string of the molecule is CCOC(=O)c1ccc(N2C(=O)[C@H]3[C@H](c4cccc(OCC(=O)Nc5ccc(S(N)(=O)=O)cc5)c4)c4sc(=O)[nH]c4S[C@H]3C2=O)cc1. The molecule has 16 heteroatoms. The fourth-order valence-electron chi connectivity index (χ4n) is 5.46. The summed E-state index contributed by atoms with van der Waals surface area (Å²) in [5.41, 5.74) is 1.53. The van der Waals surface area contributed by atoms with Gasteiger partial charge in [-0.1, -0.05) is 35.2 Å². The Balaban J connectivity index is 1.23. The molecule has 3 heterocycles. The van der Waals surface area contributed by atoms with Crippen molar-refractivity contribution in [1.82, 2.24) is 4.98 Å². The number of H-pyrrole nitrogens is 1. The number of carbonyl (C=O) groups is 4. The summed E-state index contributed by atoms with van der Waals surface area (Å²) < 4.78 is 33.7. The molecule has 13 nitrogen and oxygen atoms in total. The molecule has 3 atom stereocenters. The summed E-state index contributed by atoms with van der Waals surface area (Å²) in [7, 11) is -3.88. The highest BCUT2D eigenvalue weighted by atomic mass is 32.2. The number of anilines is 2. The minimum absolute atomic E-state index is 0.0972. The number of aromatic amines is 1. The van der Waals surface area contributed by atoms with Gasteiger partial charge in [0, 0.05) is 16.5 Å². The van der Waals surface area contributed by atoms with Crippen LogP contribution in [0, 0.1) is 5.92 Å². The Kier molecular flexibility index (Phi) is 8.76. The van der Waals surface area contributed by atoms with Gasteiger partial charge in [-0.15, -0.1) is 0 Å². The van der Waals surface area contributed by atoms with Crippen molar-refractivity contribution in [2.24, 2.45) is 11.1 Å². The second kappa shape index (κ2) is 12.8. The molecule has 0 aliphatic carbocycles. The largest absolute Gasteiger partial charge is 0.484 e. The monoisotopic (exact) mass is 694 g/mol. The first kappa shape index (κ1) is 32.2. The van der Waals surface area contributed by atoms with Crippen LogP contribution in [-0.4, -0.2) is 55.6 Å². The number of hydrogen-bond donors (Lipinski definition) is 3. The molecule has 0 radical (unpaired) electrons. The fourth-order valence-corrected chi connectivity index (χ4v) is 8.49. The number of thioether (sulfide) groups is 1. The molecule has 4 N–H and O–H groups in total. The summed E-state index contributed by atoms with van der Waals surface area (Å²) >= 11 is 2.10. The number of nitrogens with one attached hydrogen (secondary N) is 2. The summed E-state index contributed by atoms with van der Waals surface area (Å²) in [6.07, 6.45) is 0. The summed E-state index contributed by atoms with van der Waals surface area (Å²) in [5.74, 6) is -3.14. The third-order valence-corrected chi connectivity index (χ3v) is 10.8. The van der Waals surface area contributed by atoms with Crippen LogP contribution in [0.25, 0.3) is 0 Å². The molecule has 1 fully saturated rings. The number of nitrogens with zero attached hydrogens (tertiary/aromatic N) is 1. The van der Waals surface area contributed by atoms with Crippen molar-refractivity contribution >= 4 is 68.2 Å². The highest BCUT2D eigenvalue weighted by Crippen LogP contribution is 2.53. The third kappa shape index (κ3) is 6.44. The van der Waals surface area contributed by atoms with Crippen molar-refractivity contribution in [3.05, 3.63) is 98.5 Å². The van der Waals surface area contributed by atoms with Gasteiger partial charge in [-0.2, -0.15) is 0 Å². The molecular weight excluding hydrogens is 669 g/mol. The maximum absolute atomic E-state index is 14.0. The van der Waals surface area contributed by atoms with Crippen LogP contribution in [0.4, 0.5) is 11.4 Å². The number of ether oxygens (including phenoxy) is 2. The normalized spacial score (nSPS) is 18.8. The average Bonchev–Trinajstić information content (AvgIpc) is 3.54. The molecular formula is C31H26N4O9S3. The van der Waals surface area contributed by atoms with E-state index in [2.05, 4.69) is 10.3 Å².